The third kappa shape index (κ3) is 4.22. The van der Waals surface area contributed by atoms with E-state index in [1.807, 2.05) is 0 Å². The van der Waals surface area contributed by atoms with Crippen LogP contribution < -0.4 is 5.32 Å². The molecule has 0 amide bonds. The molecule has 3 heteroatoms. The molecule has 25 heavy (non-hydrogen) atoms. The minimum Gasteiger partial charge on any atom is -0.381 e. The van der Waals surface area contributed by atoms with Gasteiger partial charge in [0, 0.05) is 18.7 Å². The minimum atomic E-state index is 0.842. The van der Waals surface area contributed by atoms with E-state index in [1.165, 1.54) is 44.1 Å². The second-order valence-electron chi connectivity index (χ2n) is 7.30. The van der Waals surface area contributed by atoms with Crippen LogP contribution in [0.2, 0.25) is 0 Å². The van der Waals surface area contributed by atoms with E-state index in [0.29, 0.717) is 0 Å². The second-order valence-corrected chi connectivity index (χ2v) is 7.30. The van der Waals surface area contributed by atoms with Gasteiger partial charge in [-0.2, -0.15) is 0 Å². The highest BCUT2D eigenvalue weighted by Gasteiger charge is 2.14. The molecule has 1 saturated carbocycles. The summed E-state index contributed by atoms with van der Waals surface area (Å²) in [6.07, 6.45) is 9.44. The molecule has 0 aliphatic heterocycles. The van der Waals surface area contributed by atoms with Crippen molar-refractivity contribution in [3.63, 3.8) is 0 Å². The van der Waals surface area contributed by atoms with Gasteiger partial charge in [0.2, 0.25) is 0 Å². The lowest BCUT2D eigenvalue weighted by molar-refractivity contribution is 0.337. The maximum Gasteiger partial charge on any atom is 0.107 e. The highest BCUT2D eigenvalue weighted by molar-refractivity contribution is 5.79. The fraction of sp³-hybridized carbons (Fsp3) is 0.409. The van der Waals surface area contributed by atoms with Gasteiger partial charge in [-0.15, -0.1) is 0 Å². The molecular weight excluding hydrogens is 306 g/mol. The molecule has 4 rings (SSSR count). The number of fused-ring (bicyclic) bond motifs is 1. The van der Waals surface area contributed by atoms with Gasteiger partial charge in [-0.3, -0.25) is 0 Å². The van der Waals surface area contributed by atoms with Crippen LogP contribution in [0.5, 0.6) is 0 Å². The molecule has 0 atom stereocenters. The second kappa shape index (κ2) is 7.73. The molecule has 1 fully saturated rings. The van der Waals surface area contributed by atoms with Gasteiger partial charge in [0.25, 0.3) is 0 Å². The molecular formula is C22H27N3. The summed E-state index contributed by atoms with van der Waals surface area (Å²) in [6.45, 7) is 0.842. The Labute approximate surface area is 149 Å². The van der Waals surface area contributed by atoms with Crippen molar-refractivity contribution in [1.82, 2.24) is 9.97 Å². The molecule has 1 aliphatic rings. The van der Waals surface area contributed by atoms with Gasteiger partial charge in [-0.1, -0.05) is 62.4 Å². The first-order chi connectivity index (χ1) is 12.4. The van der Waals surface area contributed by atoms with Gasteiger partial charge < -0.3 is 10.3 Å². The van der Waals surface area contributed by atoms with Crippen molar-refractivity contribution in [2.24, 2.45) is 5.92 Å². The van der Waals surface area contributed by atoms with Crippen molar-refractivity contribution in [2.45, 2.75) is 51.5 Å². The quantitative estimate of drug-likeness (QED) is 0.608. The summed E-state index contributed by atoms with van der Waals surface area (Å²) in [5.74, 6) is 2.05. The molecule has 0 spiro atoms. The number of benzene rings is 2. The Balaban J connectivity index is 1.38. The summed E-state index contributed by atoms with van der Waals surface area (Å²) in [5.41, 5.74) is 4.64. The molecule has 3 aromatic rings. The Morgan fingerprint density at radius 1 is 1.00 bits per heavy atom. The maximum absolute atomic E-state index is 4.77. The summed E-state index contributed by atoms with van der Waals surface area (Å²) < 4.78 is 0. The zero-order valence-electron chi connectivity index (χ0n) is 14.8. The molecule has 0 unspecified atom stereocenters. The van der Waals surface area contributed by atoms with E-state index in [-0.39, 0.29) is 0 Å². The number of anilines is 1. The smallest absolute Gasteiger partial charge is 0.107 e. The first kappa shape index (κ1) is 16.2. The fourth-order valence-corrected chi connectivity index (χ4v) is 3.91. The van der Waals surface area contributed by atoms with Gasteiger partial charge in [0.15, 0.2) is 0 Å². The third-order valence-corrected chi connectivity index (χ3v) is 5.38. The van der Waals surface area contributed by atoms with Crippen molar-refractivity contribution < 1.29 is 0 Å². The number of H-pyrrole nitrogens is 1. The molecule has 1 aliphatic carbocycles. The van der Waals surface area contributed by atoms with Crippen LogP contribution in [0, 0.1) is 5.92 Å². The molecule has 1 aromatic heterocycles. The first-order valence-electron chi connectivity index (χ1n) is 9.63. The molecule has 0 saturated heterocycles. The Hall–Kier alpha value is -2.29. The van der Waals surface area contributed by atoms with E-state index in [4.69, 9.17) is 4.98 Å². The summed E-state index contributed by atoms with van der Waals surface area (Å²) >= 11 is 0. The van der Waals surface area contributed by atoms with Crippen LogP contribution in [0.3, 0.4) is 0 Å². The van der Waals surface area contributed by atoms with E-state index >= 15 is 0 Å². The zero-order valence-corrected chi connectivity index (χ0v) is 14.8. The van der Waals surface area contributed by atoms with Crippen LogP contribution >= 0.6 is 0 Å². The lowest BCUT2D eigenvalue weighted by Gasteiger charge is -2.20. The van der Waals surface area contributed by atoms with Gasteiger partial charge in [0.05, 0.1) is 11.0 Å². The normalized spacial score (nSPS) is 15.5. The molecule has 130 valence electrons. The van der Waals surface area contributed by atoms with Crippen molar-refractivity contribution in [3.8, 4) is 0 Å². The van der Waals surface area contributed by atoms with Crippen LogP contribution in [0.15, 0.2) is 48.5 Å². The topological polar surface area (TPSA) is 40.7 Å². The monoisotopic (exact) mass is 333 g/mol. The number of aromatic amines is 1. The average molecular weight is 333 g/mol. The predicted molar refractivity (Wildman–Crippen MR) is 105 cm³/mol. The van der Waals surface area contributed by atoms with Crippen LogP contribution in [0.4, 0.5) is 5.69 Å². The Bertz CT molecular complexity index is 801. The summed E-state index contributed by atoms with van der Waals surface area (Å²) in [6, 6.07) is 16.9. The van der Waals surface area contributed by atoms with E-state index in [0.717, 1.165) is 41.4 Å². The fourth-order valence-electron chi connectivity index (χ4n) is 3.91. The van der Waals surface area contributed by atoms with Gasteiger partial charge in [0.1, 0.15) is 5.82 Å². The first-order valence-corrected chi connectivity index (χ1v) is 9.63. The number of nitrogens with one attached hydrogen (secondary N) is 2. The van der Waals surface area contributed by atoms with Crippen molar-refractivity contribution in [3.05, 3.63) is 59.9 Å². The largest absolute Gasteiger partial charge is 0.381 e. The Morgan fingerprint density at radius 3 is 2.68 bits per heavy atom. The van der Waals surface area contributed by atoms with E-state index in [2.05, 4.69) is 58.8 Å². The molecule has 0 bridgehead atoms. The Morgan fingerprint density at radius 2 is 1.84 bits per heavy atom. The highest BCUT2D eigenvalue weighted by atomic mass is 14.9. The molecule has 1 heterocycles. The number of nitrogens with zero attached hydrogens (tertiary/aromatic N) is 1. The molecule has 2 N–H and O–H groups in total. The van der Waals surface area contributed by atoms with Gasteiger partial charge >= 0.3 is 0 Å². The van der Waals surface area contributed by atoms with Crippen LogP contribution in [-0.2, 0) is 13.0 Å². The maximum atomic E-state index is 4.77. The standard InChI is InChI=1S/C22H27N3/c1-3-7-17(8-4-1)11-14-22-24-20-13-12-19(15-21(20)25-22)23-16-18-9-5-2-6-10-18/h2,5-6,9-10,12-13,15,17,23H,1,3-4,7-8,11,14,16H2,(H,24,25). The number of imidazole rings is 1. The van der Waals surface area contributed by atoms with E-state index in [1.54, 1.807) is 0 Å². The lowest BCUT2D eigenvalue weighted by Crippen LogP contribution is -2.07. The van der Waals surface area contributed by atoms with Crippen LogP contribution in [0.25, 0.3) is 11.0 Å². The van der Waals surface area contributed by atoms with Crippen molar-refractivity contribution >= 4 is 16.7 Å². The zero-order chi connectivity index (χ0) is 16.9. The van der Waals surface area contributed by atoms with E-state index < -0.39 is 0 Å². The molecule has 2 aromatic carbocycles. The third-order valence-electron chi connectivity index (χ3n) is 5.38. The molecule has 3 nitrogen and oxygen atoms in total. The molecule has 0 radical (unpaired) electrons. The SMILES string of the molecule is c1ccc(CNc2ccc3nc(CCC4CCCCC4)[nH]c3c2)cc1. The predicted octanol–water partition coefficient (Wildman–Crippen LogP) is 5.69. The van der Waals surface area contributed by atoms with Gasteiger partial charge in [-0.05, 0) is 36.1 Å². The summed E-state index contributed by atoms with van der Waals surface area (Å²) in [7, 11) is 0. The number of aromatic nitrogens is 2. The number of aryl methyl sites for hydroxylation is 1. The van der Waals surface area contributed by atoms with E-state index in [9.17, 15) is 0 Å². The number of rotatable bonds is 6. The lowest BCUT2D eigenvalue weighted by atomic mass is 9.86. The van der Waals surface area contributed by atoms with Crippen LogP contribution in [0.1, 0.15) is 49.9 Å². The minimum absolute atomic E-state index is 0.842. The number of hydrogen-bond acceptors (Lipinski definition) is 2. The van der Waals surface area contributed by atoms with Crippen molar-refractivity contribution in [1.29, 1.82) is 0 Å². The Kier molecular flexibility index (Phi) is 5.01. The summed E-state index contributed by atoms with van der Waals surface area (Å²) in [4.78, 5) is 8.30. The number of hydrogen-bond donors (Lipinski definition) is 2. The van der Waals surface area contributed by atoms with Crippen molar-refractivity contribution in [2.75, 3.05) is 5.32 Å². The highest BCUT2D eigenvalue weighted by Crippen LogP contribution is 2.27. The van der Waals surface area contributed by atoms with Crippen LogP contribution in [-0.4, -0.2) is 9.97 Å². The van der Waals surface area contributed by atoms with Gasteiger partial charge in [-0.25, -0.2) is 4.98 Å². The average Bonchev–Trinajstić information content (AvgIpc) is 3.08. The summed E-state index contributed by atoms with van der Waals surface area (Å²) in [5, 5.41) is 3.50.